The van der Waals surface area contributed by atoms with E-state index in [1.165, 1.54) is 10.8 Å². The van der Waals surface area contributed by atoms with Gasteiger partial charge in [-0.3, -0.25) is 19.0 Å². The van der Waals surface area contributed by atoms with Crippen molar-refractivity contribution in [2.75, 3.05) is 0 Å². The first-order valence-corrected chi connectivity index (χ1v) is 7.64. The maximum absolute atomic E-state index is 12.2. The number of carbonyl (C=O) groups is 2. The highest BCUT2D eigenvalue weighted by atomic mass is 16.2. The first-order valence-electron chi connectivity index (χ1n) is 7.64. The lowest BCUT2D eigenvalue weighted by molar-refractivity contribution is -0.121. The fourth-order valence-corrected chi connectivity index (χ4v) is 2.51. The second-order valence-corrected chi connectivity index (χ2v) is 5.51. The summed E-state index contributed by atoms with van der Waals surface area (Å²) in [5.41, 5.74) is 7.26. The number of fused-ring (bicyclic) bond motifs is 1. The maximum atomic E-state index is 12.2. The van der Waals surface area contributed by atoms with Gasteiger partial charge in [-0.1, -0.05) is 24.3 Å². The van der Waals surface area contributed by atoms with Gasteiger partial charge in [-0.2, -0.15) is 0 Å². The topological polar surface area (TPSA) is 107 Å². The van der Waals surface area contributed by atoms with E-state index in [1.54, 1.807) is 42.5 Å². The van der Waals surface area contributed by atoms with Gasteiger partial charge in [-0.25, -0.2) is 4.98 Å². The van der Waals surface area contributed by atoms with Crippen molar-refractivity contribution in [3.05, 3.63) is 76.2 Å². The molecular formula is C18H16N4O3. The van der Waals surface area contributed by atoms with E-state index < -0.39 is 5.91 Å². The van der Waals surface area contributed by atoms with Gasteiger partial charge >= 0.3 is 0 Å². The van der Waals surface area contributed by atoms with Gasteiger partial charge in [0, 0.05) is 12.1 Å². The molecule has 0 bridgehead atoms. The largest absolute Gasteiger partial charge is 0.366 e. The normalized spacial score (nSPS) is 10.6. The number of benzene rings is 2. The Balaban J connectivity index is 1.73. The van der Waals surface area contributed by atoms with Crippen LogP contribution in [0.15, 0.2) is 59.5 Å². The Hall–Kier alpha value is -3.48. The quantitative estimate of drug-likeness (QED) is 0.719. The minimum atomic E-state index is -0.525. The van der Waals surface area contributed by atoms with Gasteiger partial charge in [0.05, 0.1) is 17.2 Å². The number of nitrogens with two attached hydrogens (primary N) is 1. The van der Waals surface area contributed by atoms with Gasteiger partial charge in [-0.15, -0.1) is 0 Å². The standard InChI is InChI=1S/C18H16N4O3/c19-18(25)13-5-3-4-12(8-13)9-21-16(23)11-22-15-7-2-1-6-14(15)20-10-17(22)24/h1-8,10H,9,11H2,(H2,19,25)(H,21,23). The number of hydrogen-bond acceptors (Lipinski definition) is 4. The lowest BCUT2D eigenvalue weighted by Crippen LogP contribution is -2.32. The van der Waals surface area contributed by atoms with Crippen molar-refractivity contribution >= 4 is 22.8 Å². The summed E-state index contributed by atoms with van der Waals surface area (Å²) in [5, 5.41) is 2.73. The van der Waals surface area contributed by atoms with Crippen molar-refractivity contribution in [2.45, 2.75) is 13.1 Å². The van der Waals surface area contributed by atoms with Gasteiger partial charge in [0.25, 0.3) is 5.56 Å². The zero-order valence-electron chi connectivity index (χ0n) is 13.3. The fraction of sp³-hybridized carbons (Fsp3) is 0.111. The number of primary amides is 1. The first kappa shape index (κ1) is 16.4. The molecule has 2 amide bonds. The van der Waals surface area contributed by atoms with E-state index in [-0.39, 0.29) is 24.6 Å². The average Bonchev–Trinajstić information content (AvgIpc) is 2.62. The van der Waals surface area contributed by atoms with Crippen molar-refractivity contribution in [2.24, 2.45) is 5.73 Å². The molecule has 0 saturated carbocycles. The van der Waals surface area contributed by atoms with Gasteiger partial charge < -0.3 is 11.1 Å². The van der Waals surface area contributed by atoms with Crippen molar-refractivity contribution < 1.29 is 9.59 Å². The Morgan fingerprint density at radius 3 is 2.72 bits per heavy atom. The molecule has 7 heteroatoms. The van der Waals surface area contributed by atoms with E-state index in [9.17, 15) is 14.4 Å². The van der Waals surface area contributed by atoms with Crippen LogP contribution in [-0.2, 0) is 17.9 Å². The molecule has 1 heterocycles. The average molecular weight is 336 g/mol. The highest BCUT2D eigenvalue weighted by molar-refractivity contribution is 5.92. The molecule has 1 aromatic heterocycles. The summed E-state index contributed by atoms with van der Waals surface area (Å²) in [4.78, 5) is 39.5. The zero-order valence-corrected chi connectivity index (χ0v) is 13.3. The Kier molecular flexibility index (Phi) is 4.56. The van der Waals surface area contributed by atoms with E-state index in [0.29, 0.717) is 16.6 Å². The molecule has 0 atom stereocenters. The summed E-state index contributed by atoms with van der Waals surface area (Å²) in [7, 11) is 0. The lowest BCUT2D eigenvalue weighted by atomic mass is 10.1. The molecule has 0 saturated heterocycles. The number of para-hydroxylation sites is 2. The maximum Gasteiger partial charge on any atom is 0.269 e. The summed E-state index contributed by atoms with van der Waals surface area (Å²) in [5.74, 6) is -0.842. The summed E-state index contributed by atoms with van der Waals surface area (Å²) in [6.45, 7) is 0.120. The molecule has 0 fully saturated rings. The van der Waals surface area contributed by atoms with Crippen molar-refractivity contribution in [3.8, 4) is 0 Å². The molecule has 0 spiro atoms. The zero-order chi connectivity index (χ0) is 17.8. The number of amides is 2. The second-order valence-electron chi connectivity index (χ2n) is 5.51. The number of aromatic nitrogens is 2. The molecule has 0 aliphatic heterocycles. The van der Waals surface area contributed by atoms with Crippen molar-refractivity contribution in [3.63, 3.8) is 0 Å². The molecule has 0 radical (unpaired) electrons. The van der Waals surface area contributed by atoms with Gasteiger partial charge in [-0.05, 0) is 29.8 Å². The molecule has 0 aliphatic carbocycles. The van der Waals surface area contributed by atoms with Gasteiger partial charge in [0.2, 0.25) is 11.8 Å². The van der Waals surface area contributed by atoms with Crippen LogP contribution in [-0.4, -0.2) is 21.4 Å². The number of rotatable bonds is 5. The Morgan fingerprint density at radius 1 is 1.12 bits per heavy atom. The molecular weight excluding hydrogens is 320 g/mol. The molecule has 2 aromatic carbocycles. The third-order valence-corrected chi connectivity index (χ3v) is 3.76. The fourth-order valence-electron chi connectivity index (χ4n) is 2.51. The molecule has 0 unspecified atom stereocenters. The number of hydrogen-bond donors (Lipinski definition) is 2. The van der Waals surface area contributed by atoms with Crippen LogP contribution in [0.25, 0.3) is 11.0 Å². The van der Waals surface area contributed by atoms with E-state index >= 15 is 0 Å². The van der Waals surface area contributed by atoms with Crippen LogP contribution in [0, 0.1) is 0 Å². The molecule has 7 nitrogen and oxygen atoms in total. The molecule has 25 heavy (non-hydrogen) atoms. The van der Waals surface area contributed by atoms with Crippen LogP contribution in [0.1, 0.15) is 15.9 Å². The lowest BCUT2D eigenvalue weighted by Gasteiger charge is -2.10. The predicted octanol–water partition coefficient (Wildman–Crippen LogP) is 0.812. The minimum Gasteiger partial charge on any atom is -0.366 e. The third-order valence-electron chi connectivity index (χ3n) is 3.76. The van der Waals surface area contributed by atoms with E-state index in [4.69, 9.17) is 5.73 Å². The highest BCUT2D eigenvalue weighted by Crippen LogP contribution is 2.08. The molecule has 3 aromatic rings. The first-order chi connectivity index (χ1) is 12.0. The van der Waals surface area contributed by atoms with E-state index in [1.807, 2.05) is 6.07 Å². The van der Waals surface area contributed by atoms with Crippen LogP contribution >= 0.6 is 0 Å². The van der Waals surface area contributed by atoms with Crippen LogP contribution in [0.4, 0.5) is 0 Å². The smallest absolute Gasteiger partial charge is 0.269 e. The summed E-state index contributed by atoms with van der Waals surface area (Å²) in [6.07, 6.45) is 1.20. The Labute approximate surface area is 143 Å². The van der Waals surface area contributed by atoms with Crippen LogP contribution in [0.3, 0.4) is 0 Å². The van der Waals surface area contributed by atoms with Crippen molar-refractivity contribution in [1.82, 2.24) is 14.9 Å². The SMILES string of the molecule is NC(=O)c1cccc(CNC(=O)Cn2c(=O)cnc3ccccc32)c1. The van der Waals surface area contributed by atoms with Crippen LogP contribution in [0.5, 0.6) is 0 Å². The minimum absolute atomic E-state index is 0.114. The molecule has 0 aliphatic rings. The third kappa shape index (κ3) is 3.72. The summed E-state index contributed by atoms with van der Waals surface area (Å²) < 4.78 is 1.37. The predicted molar refractivity (Wildman–Crippen MR) is 92.8 cm³/mol. The second kappa shape index (κ2) is 6.96. The van der Waals surface area contributed by atoms with E-state index in [0.717, 1.165) is 5.56 Å². The molecule has 3 N–H and O–H groups in total. The summed E-state index contributed by atoms with van der Waals surface area (Å²) >= 11 is 0. The molecule has 126 valence electrons. The number of nitrogens with one attached hydrogen (secondary N) is 1. The number of nitrogens with zero attached hydrogens (tertiary/aromatic N) is 2. The van der Waals surface area contributed by atoms with Gasteiger partial charge in [0.15, 0.2) is 0 Å². The van der Waals surface area contributed by atoms with Crippen molar-refractivity contribution in [1.29, 1.82) is 0 Å². The Bertz CT molecular complexity index is 1010. The molecule has 3 rings (SSSR count). The van der Waals surface area contributed by atoms with Gasteiger partial charge in [0.1, 0.15) is 6.54 Å². The summed E-state index contributed by atoms with van der Waals surface area (Å²) in [6, 6.07) is 13.8. The Morgan fingerprint density at radius 2 is 1.92 bits per heavy atom. The van der Waals surface area contributed by atoms with Crippen LogP contribution < -0.4 is 16.6 Å². The monoisotopic (exact) mass is 336 g/mol. The van der Waals surface area contributed by atoms with Crippen LogP contribution in [0.2, 0.25) is 0 Å². The highest BCUT2D eigenvalue weighted by Gasteiger charge is 2.09. The number of carbonyl (C=O) groups excluding carboxylic acids is 2. The van der Waals surface area contributed by atoms with E-state index in [2.05, 4.69) is 10.3 Å².